The number of aliphatic hydroxyl groups excluding tert-OH is 1. The van der Waals surface area contributed by atoms with E-state index in [1.165, 1.54) is 6.92 Å². The van der Waals surface area contributed by atoms with Crippen molar-refractivity contribution in [1.82, 2.24) is 10.6 Å². The largest absolute Gasteiger partial charge is 0.471 e. The molecule has 12 heteroatoms. The molecule has 2 aliphatic heterocycles. The van der Waals surface area contributed by atoms with Gasteiger partial charge in [0.15, 0.2) is 12.6 Å². The molecule has 2 aliphatic rings. The zero-order chi connectivity index (χ0) is 23.3. The van der Waals surface area contributed by atoms with E-state index in [9.17, 15) is 27.9 Å². The molecule has 0 saturated carbocycles. The van der Waals surface area contributed by atoms with E-state index in [0.717, 1.165) is 5.56 Å². The summed E-state index contributed by atoms with van der Waals surface area (Å²) in [6.07, 6.45) is -9.40. The minimum absolute atomic E-state index is 0.0573. The molecule has 1 aromatic rings. The fourth-order valence-electron chi connectivity index (χ4n) is 3.48. The maximum atomic E-state index is 12.2. The molecule has 9 nitrogen and oxygen atoms in total. The van der Waals surface area contributed by atoms with Crippen molar-refractivity contribution in [3.8, 4) is 0 Å². The van der Waals surface area contributed by atoms with Gasteiger partial charge in [0.1, 0.15) is 24.4 Å². The van der Waals surface area contributed by atoms with E-state index < -0.39 is 54.9 Å². The predicted molar refractivity (Wildman–Crippen MR) is 102 cm³/mol. The Morgan fingerprint density at radius 2 is 1.94 bits per heavy atom. The van der Waals surface area contributed by atoms with Crippen LogP contribution in [0.4, 0.5) is 13.2 Å². The van der Waals surface area contributed by atoms with Crippen LogP contribution in [0.15, 0.2) is 30.3 Å². The van der Waals surface area contributed by atoms with Crippen LogP contribution in [-0.4, -0.2) is 73.5 Å². The number of hydrogen-bond donors (Lipinski definition) is 3. The monoisotopic (exact) mass is 462 g/mol. The van der Waals surface area contributed by atoms with Crippen LogP contribution < -0.4 is 10.6 Å². The summed E-state index contributed by atoms with van der Waals surface area (Å²) in [6.45, 7) is 1.00. The zero-order valence-corrected chi connectivity index (χ0v) is 17.2. The van der Waals surface area contributed by atoms with Gasteiger partial charge in [-0.25, -0.2) is 0 Å². The number of alkyl halides is 3. The van der Waals surface area contributed by atoms with Crippen LogP contribution >= 0.6 is 0 Å². The Morgan fingerprint density at radius 1 is 1.22 bits per heavy atom. The summed E-state index contributed by atoms with van der Waals surface area (Å²) in [7, 11) is 0. The number of carbonyl (C=O) groups excluding carboxylic acids is 2. The number of ether oxygens (including phenoxy) is 4. The van der Waals surface area contributed by atoms with E-state index in [4.69, 9.17) is 18.9 Å². The lowest BCUT2D eigenvalue weighted by Gasteiger charge is -2.47. The third-order valence-corrected chi connectivity index (χ3v) is 4.95. The summed E-state index contributed by atoms with van der Waals surface area (Å²) in [5, 5.41) is 15.2. The van der Waals surface area contributed by atoms with E-state index >= 15 is 0 Å². The van der Waals surface area contributed by atoms with E-state index in [1.807, 2.05) is 30.3 Å². The number of aliphatic hydroxyl groups is 1. The van der Waals surface area contributed by atoms with Gasteiger partial charge in [-0.15, -0.1) is 0 Å². The minimum atomic E-state index is -4.96. The van der Waals surface area contributed by atoms with Gasteiger partial charge in [-0.2, -0.15) is 13.2 Å². The average Bonchev–Trinajstić information content (AvgIpc) is 2.75. The van der Waals surface area contributed by atoms with Gasteiger partial charge in [0, 0.05) is 19.0 Å². The number of rotatable bonds is 7. The first-order valence-corrected chi connectivity index (χ1v) is 10.1. The number of fused-ring (bicyclic) bond motifs is 1. The Bertz CT molecular complexity index is 780. The summed E-state index contributed by atoms with van der Waals surface area (Å²) in [5.41, 5.74) is 0.758. The second-order valence-corrected chi connectivity index (χ2v) is 7.41. The molecular weight excluding hydrogens is 437 g/mol. The van der Waals surface area contributed by atoms with Crippen molar-refractivity contribution < 1.29 is 46.8 Å². The molecule has 0 aliphatic carbocycles. The van der Waals surface area contributed by atoms with Gasteiger partial charge >= 0.3 is 12.1 Å². The Morgan fingerprint density at radius 3 is 2.59 bits per heavy atom. The maximum absolute atomic E-state index is 12.2. The lowest BCUT2D eigenvalue weighted by molar-refractivity contribution is -0.344. The zero-order valence-electron chi connectivity index (χ0n) is 17.2. The first kappa shape index (κ1) is 24.4. The van der Waals surface area contributed by atoms with Crippen LogP contribution in [0, 0.1) is 0 Å². The highest BCUT2D eigenvalue weighted by Crippen LogP contribution is 2.34. The highest BCUT2D eigenvalue weighted by molar-refractivity contribution is 5.81. The normalized spacial score (nSPS) is 30.3. The molecule has 0 bridgehead atoms. The van der Waals surface area contributed by atoms with Crippen molar-refractivity contribution >= 4 is 11.8 Å². The van der Waals surface area contributed by atoms with E-state index in [0.29, 0.717) is 0 Å². The molecule has 3 N–H and O–H groups in total. The van der Waals surface area contributed by atoms with Crippen LogP contribution in [-0.2, 0) is 28.5 Å². The maximum Gasteiger partial charge on any atom is 0.471 e. The Hall–Kier alpha value is -2.25. The number of halogens is 3. The van der Waals surface area contributed by atoms with Gasteiger partial charge in [-0.05, 0) is 6.42 Å². The number of nitrogens with one attached hydrogen (secondary N) is 2. The topological polar surface area (TPSA) is 115 Å². The summed E-state index contributed by atoms with van der Waals surface area (Å²) >= 11 is 0. The molecule has 1 aromatic carbocycles. The van der Waals surface area contributed by atoms with Crippen LogP contribution in [0.1, 0.15) is 25.2 Å². The number of hydrogen-bond acceptors (Lipinski definition) is 7. The molecule has 3 rings (SSSR count). The van der Waals surface area contributed by atoms with Gasteiger partial charge in [0.25, 0.3) is 0 Å². The number of amides is 2. The first-order chi connectivity index (χ1) is 15.2. The summed E-state index contributed by atoms with van der Waals surface area (Å²) in [6, 6.07) is 8.14. The lowest BCUT2D eigenvalue weighted by atomic mass is 9.95. The Kier molecular flexibility index (Phi) is 8.06. The van der Waals surface area contributed by atoms with E-state index in [1.54, 1.807) is 5.32 Å². The molecule has 178 valence electrons. The van der Waals surface area contributed by atoms with Crippen molar-refractivity contribution in [3.05, 3.63) is 35.9 Å². The molecule has 0 radical (unpaired) electrons. The van der Waals surface area contributed by atoms with Gasteiger partial charge in [0.2, 0.25) is 5.91 Å². The fraction of sp³-hybridized carbons (Fsp3) is 0.600. The minimum Gasteiger partial charge on any atom is -0.388 e. The van der Waals surface area contributed by atoms with Gasteiger partial charge in [0.05, 0.1) is 13.2 Å². The fourth-order valence-corrected chi connectivity index (χ4v) is 3.48. The van der Waals surface area contributed by atoms with Crippen LogP contribution in [0.5, 0.6) is 0 Å². The molecule has 2 heterocycles. The Balaban J connectivity index is 1.57. The summed E-state index contributed by atoms with van der Waals surface area (Å²) in [5.74, 6) is -2.47. The third kappa shape index (κ3) is 6.17. The molecule has 32 heavy (non-hydrogen) atoms. The average molecular weight is 462 g/mol. The number of benzene rings is 1. The van der Waals surface area contributed by atoms with E-state index in [-0.39, 0.29) is 26.2 Å². The van der Waals surface area contributed by atoms with Crippen molar-refractivity contribution in [2.75, 3.05) is 19.8 Å². The smallest absolute Gasteiger partial charge is 0.388 e. The van der Waals surface area contributed by atoms with Gasteiger partial charge in [-0.3, -0.25) is 9.59 Å². The van der Waals surface area contributed by atoms with Crippen LogP contribution in [0.3, 0.4) is 0 Å². The molecule has 2 fully saturated rings. The van der Waals surface area contributed by atoms with Gasteiger partial charge in [-0.1, -0.05) is 30.3 Å². The standard InChI is InChI=1S/C20H25F3N2O7/c1-11(26)25-14-15(27)16-13(10-30-17(32-16)12-6-3-2-4-7-12)31-18(14)29-9-5-8-24-19(28)20(21,22)23/h2-4,6-7,13-18,27H,5,8-10H2,1H3,(H,24,28)(H,25,26)/t13-,14-,15-,16-,17-,18-/m1/s1. The lowest BCUT2D eigenvalue weighted by Crippen LogP contribution is -2.66. The summed E-state index contributed by atoms with van der Waals surface area (Å²) < 4.78 is 59.6. The predicted octanol–water partition coefficient (Wildman–Crippen LogP) is 0.776. The van der Waals surface area contributed by atoms with E-state index in [2.05, 4.69) is 5.32 Å². The highest BCUT2D eigenvalue weighted by atomic mass is 19.4. The van der Waals surface area contributed by atoms with Crippen LogP contribution in [0.25, 0.3) is 0 Å². The summed E-state index contributed by atoms with van der Waals surface area (Å²) in [4.78, 5) is 22.5. The van der Waals surface area contributed by atoms with Crippen molar-refractivity contribution in [1.29, 1.82) is 0 Å². The molecule has 0 unspecified atom stereocenters. The Labute approximate surface area is 182 Å². The third-order valence-electron chi connectivity index (χ3n) is 4.95. The second-order valence-electron chi connectivity index (χ2n) is 7.41. The highest BCUT2D eigenvalue weighted by Gasteiger charge is 2.50. The SMILES string of the molecule is CC(=O)N[C@H]1[C@H](OCCCNC(=O)C(F)(F)F)O[C@@H]2CO[C@@H](c3ccccc3)O[C@H]2[C@@H]1O. The van der Waals surface area contributed by atoms with Crippen molar-refractivity contribution in [2.45, 2.75) is 56.5 Å². The molecule has 2 saturated heterocycles. The molecule has 0 aromatic heterocycles. The first-order valence-electron chi connectivity index (χ1n) is 10.1. The van der Waals surface area contributed by atoms with Gasteiger partial charge < -0.3 is 34.7 Å². The van der Waals surface area contributed by atoms with Crippen molar-refractivity contribution in [2.24, 2.45) is 0 Å². The molecule has 0 spiro atoms. The van der Waals surface area contributed by atoms with Crippen molar-refractivity contribution in [3.63, 3.8) is 0 Å². The second kappa shape index (κ2) is 10.6. The molecular formula is C20H25F3N2O7. The quantitative estimate of drug-likeness (QED) is 0.513. The van der Waals surface area contributed by atoms with Crippen LogP contribution in [0.2, 0.25) is 0 Å². The number of carbonyl (C=O) groups is 2. The molecule has 2 amide bonds. The molecule has 6 atom stereocenters.